The molecule has 1 aliphatic rings. The summed E-state index contributed by atoms with van der Waals surface area (Å²) in [5.41, 5.74) is 4.56. The van der Waals surface area contributed by atoms with Gasteiger partial charge in [-0.15, -0.1) is 0 Å². The average molecular weight is 476 g/mol. The largest absolute Gasteiger partial charge is 0.369 e. The number of hydrogen-bond acceptors (Lipinski definition) is 5. The van der Waals surface area contributed by atoms with Crippen LogP contribution in [0.4, 0.5) is 15.8 Å². The zero-order chi connectivity index (χ0) is 24.8. The molecule has 2 N–H and O–H groups in total. The molecule has 4 rings (SSSR count). The van der Waals surface area contributed by atoms with E-state index in [4.69, 9.17) is 0 Å². The van der Waals surface area contributed by atoms with E-state index in [0.29, 0.717) is 5.69 Å². The highest BCUT2D eigenvalue weighted by atomic mass is 19.1. The van der Waals surface area contributed by atoms with Gasteiger partial charge >= 0.3 is 11.8 Å². The minimum atomic E-state index is -0.690. The average Bonchev–Trinajstić information content (AvgIpc) is 2.88. The molecule has 182 valence electrons. The topological polar surface area (TPSA) is 77.6 Å². The summed E-state index contributed by atoms with van der Waals surface area (Å²) in [6.45, 7) is 7.18. The highest BCUT2D eigenvalue weighted by Gasteiger charge is 2.27. The molecule has 0 radical (unpaired) electrons. The maximum atomic E-state index is 13.3. The molecule has 1 atom stereocenters. The Morgan fingerprint density at radius 3 is 2.40 bits per heavy atom. The molecule has 2 aromatic carbocycles. The molecule has 0 aliphatic carbocycles. The Balaban J connectivity index is 1.39. The van der Waals surface area contributed by atoms with Crippen LogP contribution >= 0.6 is 0 Å². The van der Waals surface area contributed by atoms with E-state index in [-0.39, 0.29) is 18.4 Å². The molecule has 1 fully saturated rings. The van der Waals surface area contributed by atoms with Gasteiger partial charge in [-0.25, -0.2) is 4.39 Å². The Kier molecular flexibility index (Phi) is 7.72. The van der Waals surface area contributed by atoms with Gasteiger partial charge in [0.1, 0.15) is 5.82 Å². The number of benzene rings is 2. The van der Waals surface area contributed by atoms with Crippen LogP contribution in [0.1, 0.15) is 22.7 Å². The predicted molar refractivity (Wildman–Crippen MR) is 135 cm³/mol. The van der Waals surface area contributed by atoms with Crippen LogP contribution in [-0.2, 0) is 9.59 Å². The fourth-order valence-electron chi connectivity index (χ4n) is 4.31. The highest BCUT2D eigenvalue weighted by molar-refractivity contribution is 6.39. The first-order chi connectivity index (χ1) is 16.9. The standard InChI is InChI=1S/C27H30FN5O2/c1-19-5-3-7-24(20(19)2)31-27(35)26(34)30-18-25(21-6-4-12-29-17-21)33-15-13-32(14-16-33)23-10-8-22(28)9-11-23/h3-12,17,25H,13-16,18H2,1-2H3,(H,30,34)(H,31,35). The second-order valence-corrected chi connectivity index (χ2v) is 8.71. The number of nitrogens with zero attached hydrogens (tertiary/aromatic N) is 3. The summed E-state index contributed by atoms with van der Waals surface area (Å²) in [4.78, 5) is 33.9. The van der Waals surface area contributed by atoms with Crippen molar-refractivity contribution in [3.8, 4) is 0 Å². The second kappa shape index (κ2) is 11.1. The van der Waals surface area contributed by atoms with Crippen LogP contribution in [0, 0.1) is 19.7 Å². The lowest BCUT2D eigenvalue weighted by atomic mass is 10.1. The van der Waals surface area contributed by atoms with E-state index in [0.717, 1.165) is 48.6 Å². The highest BCUT2D eigenvalue weighted by Crippen LogP contribution is 2.24. The van der Waals surface area contributed by atoms with Gasteiger partial charge in [0.2, 0.25) is 0 Å². The van der Waals surface area contributed by atoms with Gasteiger partial charge in [0, 0.05) is 56.5 Å². The van der Waals surface area contributed by atoms with Crippen molar-refractivity contribution in [2.45, 2.75) is 19.9 Å². The summed E-state index contributed by atoms with van der Waals surface area (Å²) in [7, 11) is 0. The first kappa shape index (κ1) is 24.3. The number of nitrogens with one attached hydrogen (secondary N) is 2. The van der Waals surface area contributed by atoms with E-state index in [9.17, 15) is 14.0 Å². The fourth-order valence-corrected chi connectivity index (χ4v) is 4.31. The summed E-state index contributed by atoms with van der Waals surface area (Å²) in [6, 6.07) is 15.8. The van der Waals surface area contributed by atoms with Gasteiger partial charge in [-0.05, 0) is 66.9 Å². The molecule has 3 aromatic rings. The smallest absolute Gasteiger partial charge is 0.313 e. The quantitative estimate of drug-likeness (QED) is 0.534. The van der Waals surface area contributed by atoms with Gasteiger partial charge in [-0.1, -0.05) is 18.2 Å². The Bertz CT molecular complexity index is 1160. The summed E-state index contributed by atoms with van der Waals surface area (Å²) in [5, 5.41) is 5.52. The molecule has 1 aromatic heterocycles. The molecule has 2 heterocycles. The summed E-state index contributed by atoms with van der Waals surface area (Å²) >= 11 is 0. The first-order valence-corrected chi connectivity index (χ1v) is 11.7. The Morgan fingerprint density at radius 2 is 1.71 bits per heavy atom. The number of halogens is 1. The number of aryl methyl sites for hydroxylation is 1. The maximum absolute atomic E-state index is 13.3. The van der Waals surface area contributed by atoms with E-state index in [1.807, 2.05) is 38.1 Å². The van der Waals surface area contributed by atoms with Crippen LogP contribution in [0.2, 0.25) is 0 Å². The molecule has 1 unspecified atom stereocenters. The van der Waals surface area contributed by atoms with Gasteiger partial charge in [-0.2, -0.15) is 0 Å². The van der Waals surface area contributed by atoms with Crippen LogP contribution in [-0.4, -0.2) is 54.4 Å². The van der Waals surface area contributed by atoms with Crippen molar-refractivity contribution < 1.29 is 14.0 Å². The van der Waals surface area contributed by atoms with E-state index in [2.05, 4.69) is 25.4 Å². The molecule has 0 spiro atoms. The van der Waals surface area contributed by atoms with Crippen LogP contribution < -0.4 is 15.5 Å². The number of amides is 2. The van der Waals surface area contributed by atoms with Gasteiger partial charge < -0.3 is 15.5 Å². The van der Waals surface area contributed by atoms with Crippen molar-refractivity contribution in [1.29, 1.82) is 0 Å². The molecular formula is C27H30FN5O2. The number of anilines is 2. The van der Waals surface area contributed by atoms with Gasteiger partial charge in [0.25, 0.3) is 0 Å². The van der Waals surface area contributed by atoms with Crippen LogP contribution in [0.15, 0.2) is 67.0 Å². The monoisotopic (exact) mass is 475 g/mol. The fraction of sp³-hybridized carbons (Fsp3) is 0.296. The lowest BCUT2D eigenvalue weighted by Crippen LogP contribution is -2.50. The second-order valence-electron chi connectivity index (χ2n) is 8.71. The summed E-state index contributed by atoms with van der Waals surface area (Å²) in [6.07, 6.45) is 3.50. The molecule has 0 saturated carbocycles. The zero-order valence-electron chi connectivity index (χ0n) is 20.0. The molecule has 1 aliphatic heterocycles. The van der Waals surface area contributed by atoms with Crippen molar-refractivity contribution in [1.82, 2.24) is 15.2 Å². The molecule has 8 heteroatoms. The van der Waals surface area contributed by atoms with Gasteiger partial charge in [0.05, 0.1) is 6.04 Å². The van der Waals surface area contributed by atoms with Crippen molar-refractivity contribution in [3.63, 3.8) is 0 Å². The van der Waals surface area contributed by atoms with Crippen LogP contribution in [0.5, 0.6) is 0 Å². The molecule has 35 heavy (non-hydrogen) atoms. The van der Waals surface area contributed by atoms with Crippen LogP contribution in [0.25, 0.3) is 0 Å². The van der Waals surface area contributed by atoms with Gasteiger partial charge in [-0.3, -0.25) is 19.5 Å². The van der Waals surface area contributed by atoms with Crippen molar-refractivity contribution >= 4 is 23.2 Å². The minimum absolute atomic E-state index is 0.128. The Labute approximate surface area is 205 Å². The van der Waals surface area contributed by atoms with E-state index < -0.39 is 11.8 Å². The minimum Gasteiger partial charge on any atom is -0.369 e. The normalized spacial score (nSPS) is 14.9. The summed E-state index contributed by atoms with van der Waals surface area (Å²) in [5.74, 6) is -1.61. The van der Waals surface area contributed by atoms with E-state index in [1.54, 1.807) is 30.6 Å². The lowest BCUT2D eigenvalue weighted by Gasteiger charge is -2.40. The number of carbonyl (C=O) groups is 2. The third kappa shape index (κ3) is 6.02. The molecule has 0 bridgehead atoms. The Morgan fingerprint density at radius 1 is 0.971 bits per heavy atom. The maximum Gasteiger partial charge on any atom is 0.313 e. The zero-order valence-corrected chi connectivity index (χ0v) is 20.0. The summed E-state index contributed by atoms with van der Waals surface area (Å²) < 4.78 is 13.3. The number of pyridine rings is 1. The van der Waals surface area contributed by atoms with E-state index >= 15 is 0 Å². The SMILES string of the molecule is Cc1cccc(NC(=O)C(=O)NCC(c2cccnc2)N2CCN(c3ccc(F)cc3)CC2)c1C. The number of hydrogen-bond donors (Lipinski definition) is 2. The number of carbonyl (C=O) groups excluding carboxylic acids is 2. The lowest BCUT2D eigenvalue weighted by molar-refractivity contribution is -0.136. The number of aromatic nitrogens is 1. The molecule has 1 saturated heterocycles. The molecule has 7 nitrogen and oxygen atoms in total. The van der Waals surface area contributed by atoms with Gasteiger partial charge in [0.15, 0.2) is 0 Å². The van der Waals surface area contributed by atoms with Crippen molar-refractivity contribution in [2.24, 2.45) is 0 Å². The molecular weight excluding hydrogens is 445 g/mol. The predicted octanol–water partition coefficient (Wildman–Crippen LogP) is 3.46. The van der Waals surface area contributed by atoms with E-state index in [1.165, 1.54) is 12.1 Å². The number of piperazine rings is 1. The van der Waals surface area contributed by atoms with Crippen molar-refractivity contribution in [3.05, 3.63) is 89.5 Å². The number of rotatable bonds is 6. The third-order valence-corrected chi connectivity index (χ3v) is 6.53. The van der Waals surface area contributed by atoms with Crippen LogP contribution in [0.3, 0.4) is 0 Å². The van der Waals surface area contributed by atoms with Crippen molar-refractivity contribution in [2.75, 3.05) is 42.9 Å². The Hall–Kier alpha value is -3.78. The first-order valence-electron chi connectivity index (χ1n) is 11.7. The molecule has 2 amide bonds. The third-order valence-electron chi connectivity index (χ3n) is 6.53.